The van der Waals surface area contributed by atoms with Crippen LogP contribution in [0.15, 0.2) is 59.3 Å². The van der Waals surface area contributed by atoms with Gasteiger partial charge in [0.05, 0.1) is 19.6 Å². The topological polar surface area (TPSA) is 133 Å². The lowest BCUT2D eigenvalue weighted by atomic mass is 9.83. The van der Waals surface area contributed by atoms with Gasteiger partial charge < -0.3 is 14.6 Å². The fraction of sp³-hybridized carbons (Fsp3) is 0.629. The van der Waals surface area contributed by atoms with Crippen LogP contribution in [0.25, 0.3) is 0 Å². The molecule has 9 heteroatoms. The summed E-state index contributed by atoms with van der Waals surface area (Å²) in [5, 5.41) is 21.8. The summed E-state index contributed by atoms with van der Waals surface area (Å²) in [4.78, 5) is 47.1. The molecule has 1 rings (SSSR count). The standard InChI is InChI=1S/C35H53NO8/c1-10-29(14-15-31-27(7)30(21-36(41)42)20-33(38)44-31)18-23(3)13-11-12-22(2)16-25(5)34(39)28(8)35(40)26(6)17-24(4)19-32(37)43-9/h11-12,14-16,18-19,23,25-28,30-31,35,40H,10,13,17,20-21H2,1-9H3/b12-11+,15-14+,22-16+,24-19+,29-18-/t23-,25-,26+,27+,28-,30?,31+,35-/m1/s1. The highest BCUT2D eigenvalue weighted by molar-refractivity contribution is 5.85. The molecular weight excluding hydrogens is 562 g/mol. The summed E-state index contributed by atoms with van der Waals surface area (Å²) in [6.45, 7) is 15.0. The van der Waals surface area contributed by atoms with E-state index in [4.69, 9.17) is 4.74 Å². The van der Waals surface area contributed by atoms with Gasteiger partial charge >= 0.3 is 11.9 Å². The molecule has 0 spiro atoms. The number of carbonyl (C=O) groups is 3. The van der Waals surface area contributed by atoms with Gasteiger partial charge in [0.15, 0.2) is 0 Å². The first-order valence-corrected chi connectivity index (χ1v) is 15.6. The minimum Gasteiger partial charge on any atom is -0.466 e. The van der Waals surface area contributed by atoms with Crippen LogP contribution in [0.2, 0.25) is 0 Å². The Kier molecular flexibility index (Phi) is 16.8. The van der Waals surface area contributed by atoms with Crippen molar-refractivity contribution in [2.75, 3.05) is 13.7 Å². The molecule has 0 amide bonds. The zero-order valence-electron chi connectivity index (χ0n) is 27.9. The summed E-state index contributed by atoms with van der Waals surface area (Å²) in [5.41, 5.74) is 2.84. The number of allylic oxidation sites excluding steroid dienone is 8. The highest BCUT2D eigenvalue weighted by Gasteiger charge is 2.37. The van der Waals surface area contributed by atoms with Gasteiger partial charge in [0.25, 0.3) is 0 Å². The summed E-state index contributed by atoms with van der Waals surface area (Å²) in [5.74, 6) is -2.22. The van der Waals surface area contributed by atoms with E-state index in [1.165, 1.54) is 13.2 Å². The van der Waals surface area contributed by atoms with Crippen LogP contribution in [0.3, 0.4) is 0 Å². The fourth-order valence-electron chi connectivity index (χ4n) is 5.58. The molecule has 1 aliphatic heterocycles. The van der Waals surface area contributed by atoms with Crippen molar-refractivity contribution in [2.24, 2.45) is 35.5 Å². The van der Waals surface area contributed by atoms with E-state index < -0.39 is 30.1 Å². The number of carbonyl (C=O) groups excluding carboxylic acids is 3. The molecule has 246 valence electrons. The molecular formula is C35H53NO8. The molecule has 0 aromatic carbocycles. The summed E-state index contributed by atoms with van der Waals surface area (Å²) < 4.78 is 10.1. The van der Waals surface area contributed by atoms with Crippen LogP contribution in [0.5, 0.6) is 0 Å². The minimum atomic E-state index is -0.833. The van der Waals surface area contributed by atoms with E-state index in [2.05, 4.69) is 30.7 Å². The SMILES string of the molecule is CCC(=C/[C@H](C)C/C=C/C(C)=C/[C@@H](C)C(=O)[C@@H](C)[C@H](O)[C@@H](C)C/C(C)=C/C(=O)OC)/C=C/[C@@H]1OC(=O)CC(C[N+](=O)[O-])[C@@H]1C. The Morgan fingerprint density at radius 1 is 1.16 bits per heavy atom. The molecule has 8 atom stereocenters. The number of nitrogens with zero attached hydrogens (tertiary/aromatic N) is 1. The zero-order valence-corrected chi connectivity index (χ0v) is 27.9. The molecule has 1 saturated heterocycles. The predicted octanol–water partition coefficient (Wildman–Crippen LogP) is 6.60. The van der Waals surface area contributed by atoms with E-state index in [1.807, 2.05) is 52.0 Å². The van der Waals surface area contributed by atoms with E-state index in [-0.39, 0.29) is 53.3 Å². The summed E-state index contributed by atoms with van der Waals surface area (Å²) in [7, 11) is 1.32. The van der Waals surface area contributed by atoms with Crippen LogP contribution >= 0.6 is 0 Å². The van der Waals surface area contributed by atoms with Crippen molar-refractivity contribution < 1.29 is 33.9 Å². The average molecular weight is 616 g/mol. The third-order valence-electron chi connectivity index (χ3n) is 8.35. The van der Waals surface area contributed by atoms with Crippen molar-refractivity contribution in [3.8, 4) is 0 Å². The Hall–Kier alpha value is -3.33. The van der Waals surface area contributed by atoms with Gasteiger partial charge in [0.1, 0.15) is 11.9 Å². The highest BCUT2D eigenvalue weighted by atomic mass is 16.6. The van der Waals surface area contributed by atoms with Crippen LogP contribution < -0.4 is 0 Å². The fourth-order valence-corrected chi connectivity index (χ4v) is 5.58. The zero-order chi connectivity index (χ0) is 33.6. The Labute approximate surface area is 263 Å². The van der Waals surface area contributed by atoms with Gasteiger partial charge in [-0.1, -0.05) is 88.6 Å². The lowest BCUT2D eigenvalue weighted by Crippen LogP contribution is -2.39. The first kappa shape index (κ1) is 38.7. The molecule has 1 aliphatic rings. The van der Waals surface area contributed by atoms with Crippen molar-refractivity contribution in [3.63, 3.8) is 0 Å². The normalized spacial score (nSPS) is 23.6. The Morgan fingerprint density at radius 2 is 1.82 bits per heavy atom. The maximum atomic E-state index is 13.1. The lowest BCUT2D eigenvalue weighted by Gasteiger charge is -2.31. The highest BCUT2D eigenvalue weighted by Crippen LogP contribution is 2.29. The van der Waals surface area contributed by atoms with Crippen molar-refractivity contribution in [2.45, 2.75) is 93.3 Å². The van der Waals surface area contributed by atoms with Crippen LogP contribution in [0.1, 0.15) is 81.1 Å². The lowest BCUT2D eigenvalue weighted by molar-refractivity contribution is -0.490. The summed E-state index contributed by atoms with van der Waals surface area (Å²) in [6.07, 6.45) is 14.2. The molecule has 0 saturated carbocycles. The second-order valence-electron chi connectivity index (χ2n) is 12.4. The third-order valence-corrected chi connectivity index (χ3v) is 8.35. The number of aliphatic hydroxyl groups is 1. The van der Waals surface area contributed by atoms with Crippen molar-refractivity contribution in [1.82, 2.24) is 0 Å². The average Bonchev–Trinajstić information content (AvgIpc) is 2.95. The van der Waals surface area contributed by atoms with Gasteiger partial charge in [0.2, 0.25) is 6.54 Å². The van der Waals surface area contributed by atoms with Gasteiger partial charge in [-0.3, -0.25) is 19.7 Å². The number of Topliss-reactive ketones (excluding diaryl/α,β-unsaturated/α-hetero) is 1. The van der Waals surface area contributed by atoms with Crippen LogP contribution in [0, 0.1) is 45.6 Å². The first-order chi connectivity index (χ1) is 20.6. The maximum Gasteiger partial charge on any atom is 0.330 e. The maximum absolute atomic E-state index is 13.1. The predicted molar refractivity (Wildman–Crippen MR) is 172 cm³/mol. The minimum absolute atomic E-state index is 0.0370. The molecule has 1 N–H and O–H groups in total. The molecule has 0 aliphatic carbocycles. The third kappa shape index (κ3) is 13.5. The molecule has 1 unspecified atom stereocenters. The number of rotatable bonds is 17. The number of ketones is 1. The molecule has 1 heterocycles. The van der Waals surface area contributed by atoms with E-state index in [0.29, 0.717) is 6.42 Å². The van der Waals surface area contributed by atoms with Gasteiger partial charge in [-0.05, 0) is 51.0 Å². The number of methoxy groups -OCH3 is 1. The smallest absolute Gasteiger partial charge is 0.330 e. The molecule has 9 nitrogen and oxygen atoms in total. The molecule has 0 aromatic rings. The number of esters is 2. The van der Waals surface area contributed by atoms with Crippen LogP contribution in [-0.2, 0) is 23.9 Å². The number of ether oxygens (including phenoxy) is 2. The van der Waals surface area contributed by atoms with E-state index in [1.54, 1.807) is 13.8 Å². The monoisotopic (exact) mass is 615 g/mol. The van der Waals surface area contributed by atoms with E-state index in [9.17, 15) is 29.6 Å². The largest absolute Gasteiger partial charge is 0.466 e. The quantitative estimate of drug-likeness (QED) is 0.0636. The van der Waals surface area contributed by atoms with Gasteiger partial charge in [-0.15, -0.1) is 0 Å². The van der Waals surface area contributed by atoms with Crippen molar-refractivity contribution in [1.29, 1.82) is 0 Å². The van der Waals surface area contributed by atoms with E-state index in [0.717, 1.165) is 29.6 Å². The second kappa shape index (κ2) is 19.1. The van der Waals surface area contributed by atoms with Gasteiger partial charge in [0, 0.05) is 34.7 Å². The molecule has 0 bridgehead atoms. The van der Waals surface area contributed by atoms with Crippen molar-refractivity contribution >= 4 is 17.7 Å². The Balaban J connectivity index is 2.75. The second-order valence-corrected chi connectivity index (χ2v) is 12.4. The van der Waals surface area contributed by atoms with Gasteiger partial charge in [-0.25, -0.2) is 4.79 Å². The number of cyclic esters (lactones) is 1. The number of nitro groups is 1. The summed E-state index contributed by atoms with van der Waals surface area (Å²) in [6, 6.07) is 0. The Bertz CT molecular complexity index is 1150. The van der Waals surface area contributed by atoms with E-state index >= 15 is 0 Å². The number of hydrogen-bond acceptors (Lipinski definition) is 8. The number of hydrogen-bond donors (Lipinski definition) is 1. The first-order valence-electron chi connectivity index (χ1n) is 15.6. The molecule has 1 fully saturated rings. The molecule has 0 aromatic heterocycles. The van der Waals surface area contributed by atoms with Gasteiger partial charge in [-0.2, -0.15) is 0 Å². The number of aliphatic hydroxyl groups excluding tert-OH is 1. The van der Waals surface area contributed by atoms with Crippen LogP contribution in [0.4, 0.5) is 0 Å². The summed E-state index contributed by atoms with van der Waals surface area (Å²) >= 11 is 0. The molecule has 44 heavy (non-hydrogen) atoms. The van der Waals surface area contributed by atoms with Crippen LogP contribution in [-0.4, -0.2) is 53.6 Å². The molecule has 0 radical (unpaired) electrons. The Morgan fingerprint density at radius 3 is 2.41 bits per heavy atom. The van der Waals surface area contributed by atoms with Crippen molar-refractivity contribution in [3.05, 3.63) is 69.4 Å².